The van der Waals surface area contributed by atoms with Crippen LogP contribution in [0.15, 0.2) is 24.3 Å². The van der Waals surface area contributed by atoms with Gasteiger partial charge in [-0.1, -0.05) is 26.0 Å². The molecule has 1 aromatic carbocycles. The van der Waals surface area contributed by atoms with Crippen molar-refractivity contribution >= 4 is 0 Å². The molecule has 0 unspecified atom stereocenters. The quantitative estimate of drug-likeness (QED) is 0.720. The van der Waals surface area contributed by atoms with E-state index in [-0.39, 0.29) is 5.82 Å². The first-order valence-corrected chi connectivity index (χ1v) is 5.81. The molecule has 0 amide bonds. The highest BCUT2D eigenvalue weighted by atomic mass is 19.1. The van der Waals surface area contributed by atoms with Crippen LogP contribution in [0.1, 0.15) is 26.7 Å². The Hall–Kier alpha value is -1.09. The van der Waals surface area contributed by atoms with E-state index in [4.69, 9.17) is 4.74 Å². The van der Waals surface area contributed by atoms with Gasteiger partial charge in [0.05, 0.1) is 6.61 Å². The fourth-order valence-electron chi connectivity index (χ4n) is 1.36. The number of ether oxygens (including phenoxy) is 1. The molecule has 0 bridgehead atoms. The molecule has 0 fully saturated rings. The monoisotopic (exact) mass is 225 g/mol. The third kappa shape index (κ3) is 5.12. The van der Waals surface area contributed by atoms with Gasteiger partial charge < -0.3 is 10.1 Å². The van der Waals surface area contributed by atoms with Gasteiger partial charge in [0, 0.05) is 6.04 Å². The van der Waals surface area contributed by atoms with Crippen LogP contribution in [0, 0.1) is 5.82 Å². The average molecular weight is 225 g/mol. The second-order valence-electron chi connectivity index (χ2n) is 4.09. The summed E-state index contributed by atoms with van der Waals surface area (Å²) in [5, 5.41) is 3.33. The molecule has 0 saturated heterocycles. The lowest BCUT2D eigenvalue weighted by atomic mass is 10.3. The predicted molar refractivity (Wildman–Crippen MR) is 64.3 cm³/mol. The molecule has 0 atom stereocenters. The third-order valence-electron chi connectivity index (χ3n) is 2.22. The Bertz CT molecular complexity index is 302. The molecule has 0 aromatic heterocycles. The van der Waals surface area contributed by atoms with Gasteiger partial charge in [-0.05, 0) is 31.5 Å². The lowest BCUT2D eigenvalue weighted by Crippen LogP contribution is -2.23. The van der Waals surface area contributed by atoms with Crippen molar-refractivity contribution in [1.82, 2.24) is 5.32 Å². The maximum Gasteiger partial charge on any atom is 0.165 e. The Kier molecular flexibility index (Phi) is 5.86. The standard InChI is InChI=1S/C13H20FNO/c1-11(2)15-9-5-6-10-16-13-8-4-3-7-12(13)14/h3-4,7-8,11,15H,5-6,9-10H2,1-2H3. The van der Waals surface area contributed by atoms with Crippen molar-refractivity contribution in [3.8, 4) is 5.75 Å². The zero-order valence-electron chi connectivity index (χ0n) is 10.0. The predicted octanol–water partition coefficient (Wildman–Crippen LogP) is 2.98. The van der Waals surface area contributed by atoms with E-state index < -0.39 is 0 Å². The molecule has 0 aliphatic heterocycles. The molecule has 0 aliphatic rings. The van der Waals surface area contributed by atoms with Gasteiger partial charge in [-0.3, -0.25) is 0 Å². The van der Waals surface area contributed by atoms with E-state index in [1.165, 1.54) is 6.07 Å². The summed E-state index contributed by atoms with van der Waals surface area (Å²) in [5.41, 5.74) is 0. The van der Waals surface area contributed by atoms with Crippen molar-refractivity contribution in [2.75, 3.05) is 13.2 Å². The van der Waals surface area contributed by atoms with E-state index in [9.17, 15) is 4.39 Å². The highest BCUT2D eigenvalue weighted by Crippen LogP contribution is 2.15. The molecule has 90 valence electrons. The Morgan fingerprint density at radius 3 is 2.69 bits per heavy atom. The van der Waals surface area contributed by atoms with Crippen LogP contribution >= 0.6 is 0 Å². The second kappa shape index (κ2) is 7.23. The Labute approximate surface area is 96.8 Å². The minimum Gasteiger partial charge on any atom is -0.491 e. The molecule has 3 heteroatoms. The molecule has 0 saturated carbocycles. The molecule has 2 nitrogen and oxygen atoms in total. The van der Waals surface area contributed by atoms with Crippen LogP contribution in [0.3, 0.4) is 0 Å². The van der Waals surface area contributed by atoms with Crippen molar-refractivity contribution in [3.05, 3.63) is 30.1 Å². The van der Waals surface area contributed by atoms with Gasteiger partial charge in [-0.15, -0.1) is 0 Å². The Morgan fingerprint density at radius 2 is 2.00 bits per heavy atom. The van der Waals surface area contributed by atoms with Crippen LogP contribution in [0.5, 0.6) is 5.75 Å². The van der Waals surface area contributed by atoms with Crippen LogP contribution in [-0.4, -0.2) is 19.2 Å². The van der Waals surface area contributed by atoms with Crippen molar-refractivity contribution < 1.29 is 9.13 Å². The minimum absolute atomic E-state index is 0.289. The number of benzene rings is 1. The normalized spacial score (nSPS) is 10.8. The zero-order chi connectivity index (χ0) is 11.8. The van der Waals surface area contributed by atoms with Gasteiger partial charge in [0.1, 0.15) is 0 Å². The maximum absolute atomic E-state index is 13.1. The van der Waals surface area contributed by atoms with Crippen LogP contribution in [0.4, 0.5) is 4.39 Å². The largest absolute Gasteiger partial charge is 0.491 e. The molecule has 1 N–H and O–H groups in total. The number of rotatable bonds is 7. The molecule has 1 aromatic rings. The average Bonchev–Trinajstić information content (AvgIpc) is 2.25. The molecular weight excluding hydrogens is 205 g/mol. The van der Waals surface area contributed by atoms with E-state index >= 15 is 0 Å². The van der Waals surface area contributed by atoms with Gasteiger partial charge >= 0.3 is 0 Å². The molecule has 0 heterocycles. The first kappa shape index (κ1) is 13.0. The number of unbranched alkanes of at least 4 members (excludes halogenated alkanes) is 1. The van der Waals surface area contributed by atoms with E-state index in [0.29, 0.717) is 18.4 Å². The summed E-state index contributed by atoms with van der Waals surface area (Å²) in [4.78, 5) is 0. The van der Waals surface area contributed by atoms with Crippen molar-refractivity contribution in [2.45, 2.75) is 32.7 Å². The van der Waals surface area contributed by atoms with E-state index in [1.54, 1.807) is 18.2 Å². The fraction of sp³-hybridized carbons (Fsp3) is 0.538. The molecule has 16 heavy (non-hydrogen) atoms. The SMILES string of the molecule is CC(C)NCCCCOc1ccccc1F. The first-order chi connectivity index (χ1) is 7.70. The maximum atomic E-state index is 13.1. The molecule has 0 spiro atoms. The summed E-state index contributed by atoms with van der Waals surface area (Å²) >= 11 is 0. The molecule has 0 radical (unpaired) electrons. The smallest absolute Gasteiger partial charge is 0.165 e. The summed E-state index contributed by atoms with van der Waals surface area (Å²) in [5.74, 6) is 0.0575. The highest BCUT2D eigenvalue weighted by Gasteiger charge is 2.00. The zero-order valence-corrected chi connectivity index (χ0v) is 10.0. The number of halogens is 1. The molecular formula is C13H20FNO. The second-order valence-corrected chi connectivity index (χ2v) is 4.09. The van der Waals surface area contributed by atoms with Gasteiger partial charge in [-0.2, -0.15) is 0 Å². The van der Waals surface area contributed by atoms with Crippen molar-refractivity contribution in [2.24, 2.45) is 0 Å². The first-order valence-electron chi connectivity index (χ1n) is 5.81. The number of nitrogens with one attached hydrogen (secondary N) is 1. The Balaban J connectivity index is 2.10. The number of para-hydroxylation sites is 1. The highest BCUT2D eigenvalue weighted by molar-refractivity contribution is 5.23. The summed E-state index contributed by atoms with van der Waals surface area (Å²) in [6.07, 6.45) is 1.99. The minimum atomic E-state index is -0.289. The van der Waals surface area contributed by atoms with Crippen LogP contribution < -0.4 is 10.1 Å². The number of hydrogen-bond donors (Lipinski definition) is 1. The van der Waals surface area contributed by atoms with Crippen LogP contribution in [0.2, 0.25) is 0 Å². The van der Waals surface area contributed by atoms with Gasteiger partial charge in [0.15, 0.2) is 11.6 Å². The topological polar surface area (TPSA) is 21.3 Å². The van der Waals surface area contributed by atoms with Crippen LogP contribution in [-0.2, 0) is 0 Å². The van der Waals surface area contributed by atoms with Gasteiger partial charge in [0.2, 0.25) is 0 Å². The summed E-state index contributed by atoms with van der Waals surface area (Å²) in [6, 6.07) is 7.03. The van der Waals surface area contributed by atoms with Crippen LogP contribution in [0.25, 0.3) is 0 Å². The molecule has 1 rings (SSSR count). The van der Waals surface area contributed by atoms with Crippen molar-refractivity contribution in [1.29, 1.82) is 0 Å². The third-order valence-corrected chi connectivity index (χ3v) is 2.22. The lowest BCUT2D eigenvalue weighted by molar-refractivity contribution is 0.290. The van der Waals surface area contributed by atoms with E-state index in [2.05, 4.69) is 19.2 Å². The van der Waals surface area contributed by atoms with E-state index in [0.717, 1.165) is 19.4 Å². The summed E-state index contributed by atoms with van der Waals surface area (Å²) in [7, 11) is 0. The summed E-state index contributed by atoms with van der Waals surface area (Å²) < 4.78 is 18.5. The summed E-state index contributed by atoms with van der Waals surface area (Å²) in [6.45, 7) is 5.80. The fourth-order valence-corrected chi connectivity index (χ4v) is 1.36. The van der Waals surface area contributed by atoms with Crippen molar-refractivity contribution in [3.63, 3.8) is 0 Å². The number of hydrogen-bond acceptors (Lipinski definition) is 2. The molecule has 0 aliphatic carbocycles. The van der Waals surface area contributed by atoms with Gasteiger partial charge in [0.25, 0.3) is 0 Å². The lowest BCUT2D eigenvalue weighted by Gasteiger charge is -2.09. The van der Waals surface area contributed by atoms with Gasteiger partial charge in [-0.25, -0.2) is 4.39 Å². The van der Waals surface area contributed by atoms with E-state index in [1.807, 2.05) is 0 Å². The Morgan fingerprint density at radius 1 is 1.25 bits per heavy atom.